The van der Waals surface area contributed by atoms with Crippen molar-refractivity contribution in [3.8, 4) is 0 Å². The number of nitrogens with one attached hydrogen (secondary N) is 1. The van der Waals surface area contributed by atoms with Crippen molar-refractivity contribution in [3.63, 3.8) is 0 Å². The lowest BCUT2D eigenvalue weighted by Gasteiger charge is -2.38. The molecule has 4 nitrogen and oxygen atoms in total. The number of alkyl halides is 1. The summed E-state index contributed by atoms with van der Waals surface area (Å²) in [6.07, 6.45) is 11.1. The molecule has 1 aliphatic carbocycles. The molecule has 2 aromatic carbocycles. The average Bonchev–Trinajstić information content (AvgIpc) is 2.87. The third-order valence-corrected chi connectivity index (χ3v) is 8.20. The molecule has 2 aliphatic rings. The summed E-state index contributed by atoms with van der Waals surface area (Å²) in [5.41, 5.74) is 3.67. The zero-order chi connectivity index (χ0) is 25.3. The van der Waals surface area contributed by atoms with Crippen molar-refractivity contribution in [2.75, 3.05) is 5.32 Å². The van der Waals surface area contributed by atoms with Crippen LogP contribution in [0.2, 0.25) is 5.02 Å². The van der Waals surface area contributed by atoms with Gasteiger partial charge in [-0.2, -0.15) is 0 Å². The van der Waals surface area contributed by atoms with E-state index in [0.29, 0.717) is 22.8 Å². The van der Waals surface area contributed by atoms with Gasteiger partial charge in [-0.25, -0.2) is 0 Å². The van der Waals surface area contributed by atoms with Crippen molar-refractivity contribution in [1.29, 1.82) is 0 Å². The first-order chi connectivity index (χ1) is 17.3. The Kier molecular flexibility index (Phi) is 7.21. The molecule has 0 radical (unpaired) electrons. The van der Waals surface area contributed by atoms with Gasteiger partial charge in [0.1, 0.15) is 0 Å². The van der Waals surface area contributed by atoms with E-state index < -0.39 is 4.87 Å². The van der Waals surface area contributed by atoms with Crippen LogP contribution in [-0.2, 0) is 11.3 Å². The number of amides is 1. The van der Waals surface area contributed by atoms with E-state index in [4.69, 9.17) is 28.2 Å². The highest BCUT2D eigenvalue weighted by Gasteiger charge is 2.33. The van der Waals surface area contributed by atoms with Crippen molar-refractivity contribution in [3.05, 3.63) is 95.2 Å². The lowest BCUT2D eigenvalue weighted by atomic mass is 9.90. The number of rotatable bonds is 5. The molecule has 1 saturated heterocycles. The molecular weight excluding hydrogens is 489 g/mol. The summed E-state index contributed by atoms with van der Waals surface area (Å²) in [6.45, 7) is 5.48. The topological polar surface area (TPSA) is 45.2 Å². The van der Waals surface area contributed by atoms with E-state index in [2.05, 4.69) is 36.2 Å². The Morgan fingerprint density at radius 3 is 2.50 bits per heavy atom. The van der Waals surface area contributed by atoms with Crippen LogP contribution >= 0.6 is 23.2 Å². The molecule has 3 aromatic rings. The standard InChI is InChI=1S/C30H31Cl2N3O/c1-20-6-5-7-21(2)35(20)19-25-11-10-23-18-24(12-13-28(23)33-25)34-29(36)30(32)16-14-22(15-17-30)26-8-3-4-9-27(26)31/h3-4,8-18,20-22H,5-7,19H2,1-2H3,(H,34,36)/t20-,21+,22?,30?. The van der Waals surface area contributed by atoms with E-state index in [-0.39, 0.29) is 11.8 Å². The Balaban J connectivity index is 1.27. The van der Waals surface area contributed by atoms with Crippen molar-refractivity contribution >= 4 is 45.7 Å². The van der Waals surface area contributed by atoms with Crippen molar-refractivity contribution in [2.45, 2.75) is 62.5 Å². The number of aromatic nitrogens is 1. The number of likely N-dealkylation sites (tertiary alicyclic amines) is 1. The first-order valence-corrected chi connectivity index (χ1v) is 13.4. The van der Waals surface area contributed by atoms with Crippen molar-refractivity contribution < 1.29 is 4.79 Å². The normalized spacial score (nSPS) is 26.3. The molecule has 0 unspecified atom stereocenters. The Bertz CT molecular complexity index is 1310. The first kappa shape index (κ1) is 25.0. The van der Waals surface area contributed by atoms with E-state index in [1.54, 1.807) is 12.2 Å². The summed E-state index contributed by atoms with van der Waals surface area (Å²) in [6, 6.07) is 18.8. The number of carbonyl (C=O) groups excluding carboxylic acids is 1. The van der Waals surface area contributed by atoms with Crippen LogP contribution in [0.4, 0.5) is 5.69 Å². The van der Waals surface area contributed by atoms with Gasteiger partial charge in [0, 0.05) is 40.6 Å². The van der Waals surface area contributed by atoms with Crippen LogP contribution in [0, 0.1) is 0 Å². The number of allylic oxidation sites excluding steroid dienone is 2. The first-order valence-electron chi connectivity index (χ1n) is 12.6. The van der Waals surface area contributed by atoms with Crippen LogP contribution in [0.1, 0.15) is 50.3 Å². The van der Waals surface area contributed by atoms with Gasteiger partial charge in [0.25, 0.3) is 5.91 Å². The SMILES string of the molecule is C[C@@H]1CCC[C@H](C)N1Cc1ccc2cc(NC(=O)C3(Cl)C=CC(c4ccccc4Cl)C=C3)ccc2n1. The lowest BCUT2D eigenvalue weighted by Crippen LogP contribution is -2.43. The van der Waals surface area contributed by atoms with Crippen LogP contribution in [0.5, 0.6) is 0 Å². The molecule has 1 aliphatic heterocycles. The fourth-order valence-electron chi connectivity index (χ4n) is 5.25. The number of fused-ring (bicyclic) bond motifs is 1. The van der Waals surface area contributed by atoms with Crippen LogP contribution < -0.4 is 5.32 Å². The Hall–Kier alpha value is -2.66. The van der Waals surface area contributed by atoms with E-state index in [9.17, 15) is 4.79 Å². The molecule has 186 valence electrons. The molecular formula is C30H31Cl2N3O. The number of piperidine rings is 1. The predicted molar refractivity (Wildman–Crippen MR) is 150 cm³/mol. The van der Waals surface area contributed by atoms with Gasteiger partial charge in [-0.15, -0.1) is 0 Å². The number of hydrogen-bond donors (Lipinski definition) is 1. The fraction of sp³-hybridized carbons (Fsp3) is 0.333. The lowest BCUT2D eigenvalue weighted by molar-refractivity contribution is -0.116. The summed E-state index contributed by atoms with van der Waals surface area (Å²) in [7, 11) is 0. The van der Waals surface area contributed by atoms with E-state index in [1.165, 1.54) is 19.3 Å². The maximum absolute atomic E-state index is 13.1. The molecule has 1 fully saturated rings. The number of pyridine rings is 1. The summed E-state index contributed by atoms with van der Waals surface area (Å²) in [4.78, 5) is 19.3. The molecule has 1 amide bonds. The second kappa shape index (κ2) is 10.4. The minimum Gasteiger partial charge on any atom is -0.324 e. The smallest absolute Gasteiger partial charge is 0.253 e. The highest BCUT2D eigenvalue weighted by atomic mass is 35.5. The van der Waals surface area contributed by atoms with Gasteiger partial charge in [-0.3, -0.25) is 14.7 Å². The number of carbonyl (C=O) groups is 1. The van der Waals surface area contributed by atoms with Gasteiger partial charge >= 0.3 is 0 Å². The van der Waals surface area contributed by atoms with E-state index >= 15 is 0 Å². The highest BCUT2D eigenvalue weighted by Crippen LogP contribution is 2.34. The zero-order valence-electron chi connectivity index (χ0n) is 20.6. The molecule has 1 aromatic heterocycles. The number of hydrogen-bond acceptors (Lipinski definition) is 3. The molecule has 5 rings (SSSR count). The molecule has 2 atom stereocenters. The van der Waals surface area contributed by atoms with Gasteiger partial charge in [0.2, 0.25) is 0 Å². The molecule has 0 saturated carbocycles. The van der Waals surface area contributed by atoms with Gasteiger partial charge in [-0.05, 0) is 62.6 Å². The average molecular weight is 521 g/mol. The maximum atomic E-state index is 13.1. The van der Waals surface area contributed by atoms with Crippen molar-refractivity contribution in [2.24, 2.45) is 0 Å². The summed E-state index contributed by atoms with van der Waals surface area (Å²) in [5.74, 6) is -0.318. The monoisotopic (exact) mass is 519 g/mol. The molecule has 36 heavy (non-hydrogen) atoms. The third kappa shape index (κ3) is 5.22. The van der Waals surface area contributed by atoms with Gasteiger partial charge in [0.15, 0.2) is 4.87 Å². The molecule has 1 N–H and O–H groups in total. The quantitative estimate of drug-likeness (QED) is 0.280. The molecule has 0 spiro atoms. The van der Waals surface area contributed by atoms with Gasteiger partial charge in [0.05, 0.1) is 11.2 Å². The Labute approximate surface area is 223 Å². The number of nitrogens with zero attached hydrogens (tertiary/aromatic N) is 2. The van der Waals surface area contributed by atoms with Crippen LogP contribution in [0.25, 0.3) is 10.9 Å². The number of benzene rings is 2. The Morgan fingerprint density at radius 1 is 1.06 bits per heavy atom. The maximum Gasteiger partial charge on any atom is 0.253 e. The molecule has 6 heteroatoms. The second-order valence-electron chi connectivity index (χ2n) is 10.00. The number of halogens is 2. The largest absolute Gasteiger partial charge is 0.324 e. The van der Waals surface area contributed by atoms with E-state index in [0.717, 1.165) is 28.7 Å². The van der Waals surface area contributed by atoms with Crippen LogP contribution in [-0.4, -0.2) is 32.7 Å². The van der Waals surface area contributed by atoms with Gasteiger partial charge < -0.3 is 5.32 Å². The number of anilines is 1. The van der Waals surface area contributed by atoms with Crippen molar-refractivity contribution in [1.82, 2.24) is 9.88 Å². The van der Waals surface area contributed by atoms with Crippen LogP contribution in [0.3, 0.4) is 0 Å². The summed E-state index contributed by atoms with van der Waals surface area (Å²) in [5, 5.41) is 4.64. The minimum absolute atomic E-state index is 0.0183. The molecule has 2 heterocycles. The third-order valence-electron chi connectivity index (χ3n) is 7.43. The van der Waals surface area contributed by atoms with E-state index in [1.807, 2.05) is 54.6 Å². The summed E-state index contributed by atoms with van der Waals surface area (Å²) < 4.78 is 0. The minimum atomic E-state index is -1.25. The molecule has 0 bridgehead atoms. The van der Waals surface area contributed by atoms with Crippen LogP contribution in [0.15, 0.2) is 78.9 Å². The summed E-state index contributed by atoms with van der Waals surface area (Å²) >= 11 is 13.0. The highest BCUT2D eigenvalue weighted by molar-refractivity contribution is 6.40. The second-order valence-corrected chi connectivity index (χ2v) is 11.0. The zero-order valence-corrected chi connectivity index (χ0v) is 22.1. The van der Waals surface area contributed by atoms with Gasteiger partial charge in [-0.1, -0.05) is 78.2 Å². The Morgan fingerprint density at radius 2 is 1.78 bits per heavy atom. The fourth-order valence-corrected chi connectivity index (χ4v) is 5.70. The predicted octanol–water partition coefficient (Wildman–Crippen LogP) is 7.48.